The van der Waals surface area contributed by atoms with Crippen molar-refractivity contribution >= 4 is 11.7 Å². The SMILES string of the molecule is CCC(C)(C)C(C(=O)O)c1cccc(OC)c1N. The Balaban J connectivity index is 3.36. The van der Waals surface area contributed by atoms with Gasteiger partial charge < -0.3 is 15.6 Å². The van der Waals surface area contributed by atoms with Crippen LogP contribution in [0.2, 0.25) is 0 Å². The molecule has 0 radical (unpaired) electrons. The maximum atomic E-state index is 11.6. The Morgan fingerprint density at radius 1 is 1.50 bits per heavy atom. The first-order valence-electron chi connectivity index (χ1n) is 6.00. The molecule has 0 aliphatic heterocycles. The highest BCUT2D eigenvalue weighted by molar-refractivity contribution is 5.80. The molecule has 1 aromatic rings. The van der Waals surface area contributed by atoms with Crippen LogP contribution in [-0.2, 0) is 4.79 Å². The molecule has 0 saturated carbocycles. The van der Waals surface area contributed by atoms with Gasteiger partial charge in [-0.15, -0.1) is 0 Å². The number of carboxylic acids is 1. The lowest BCUT2D eigenvalue weighted by atomic mass is 9.72. The van der Waals surface area contributed by atoms with Crippen LogP contribution < -0.4 is 10.5 Å². The average molecular weight is 251 g/mol. The highest BCUT2D eigenvalue weighted by Gasteiger charge is 2.36. The topological polar surface area (TPSA) is 72.5 Å². The average Bonchev–Trinajstić information content (AvgIpc) is 2.31. The fourth-order valence-electron chi connectivity index (χ4n) is 2.08. The van der Waals surface area contributed by atoms with Gasteiger partial charge in [0, 0.05) is 0 Å². The Kier molecular flexibility index (Phi) is 4.22. The molecule has 4 heteroatoms. The molecule has 1 rings (SSSR count). The molecule has 1 unspecified atom stereocenters. The molecule has 100 valence electrons. The maximum absolute atomic E-state index is 11.6. The van der Waals surface area contributed by atoms with Crippen molar-refractivity contribution in [2.24, 2.45) is 5.41 Å². The van der Waals surface area contributed by atoms with E-state index in [1.807, 2.05) is 20.8 Å². The number of hydrogen-bond donors (Lipinski definition) is 2. The summed E-state index contributed by atoms with van der Waals surface area (Å²) >= 11 is 0. The number of carboxylic acid groups (broad SMARTS) is 1. The third kappa shape index (κ3) is 2.58. The van der Waals surface area contributed by atoms with Gasteiger partial charge in [0.2, 0.25) is 0 Å². The molecule has 0 aliphatic rings. The van der Waals surface area contributed by atoms with E-state index in [1.54, 1.807) is 18.2 Å². The van der Waals surface area contributed by atoms with Gasteiger partial charge in [-0.3, -0.25) is 4.79 Å². The second kappa shape index (κ2) is 5.29. The second-order valence-corrected chi connectivity index (χ2v) is 5.08. The van der Waals surface area contributed by atoms with Crippen LogP contribution in [0.3, 0.4) is 0 Å². The standard InChI is InChI=1S/C14H21NO3/c1-5-14(2,3)11(13(16)17)9-7-6-8-10(18-4)12(9)15/h6-8,11H,5,15H2,1-4H3,(H,16,17). The maximum Gasteiger partial charge on any atom is 0.311 e. The zero-order valence-corrected chi connectivity index (χ0v) is 11.4. The van der Waals surface area contributed by atoms with Gasteiger partial charge in [0.05, 0.1) is 18.7 Å². The van der Waals surface area contributed by atoms with E-state index >= 15 is 0 Å². The van der Waals surface area contributed by atoms with Gasteiger partial charge >= 0.3 is 5.97 Å². The molecule has 4 nitrogen and oxygen atoms in total. The number of methoxy groups -OCH3 is 1. The summed E-state index contributed by atoms with van der Waals surface area (Å²) in [6.07, 6.45) is 0.751. The second-order valence-electron chi connectivity index (χ2n) is 5.08. The zero-order chi connectivity index (χ0) is 13.9. The van der Waals surface area contributed by atoms with Gasteiger partial charge in [0.15, 0.2) is 0 Å². The summed E-state index contributed by atoms with van der Waals surface area (Å²) < 4.78 is 5.14. The Hall–Kier alpha value is -1.71. The number of benzene rings is 1. The zero-order valence-electron chi connectivity index (χ0n) is 11.4. The van der Waals surface area contributed by atoms with E-state index in [9.17, 15) is 9.90 Å². The first-order chi connectivity index (χ1) is 8.35. The number of aliphatic carboxylic acids is 1. The van der Waals surface area contributed by atoms with Gasteiger partial charge in [-0.05, 0) is 23.5 Å². The van der Waals surface area contributed by atoms with E-state index in [1.165, 1.54) is 7.11 Å². The lowest BCUT2D eigenvalue weighted by Crippen LogP contribution is -2.29. The summed E-state index contributed by atoms with van der Waals surface area (Å²) in [5, 5.41) is 9.49. The van der Waals surface area contributed by atoms with Crippen LogP contribution in [-0.4, -0.2) is 18.2 Å². The molecule has 0 spiro atoms. The van der Waals surface area contributed by atoms with Crippen molar-refractivity contribution in [1.82, 2.24) is 0 Å². The predicted molar refractivity (Wildman–Crippen MR) is 71.9 cm³/mol. The molecule has 0 amide bonds. The highest BCUT2D eigenvalue weighted by Crippen LogP contribution is 2.42. The van der Waals surface area contributed by atoms with Crippen molar-refractivity contribution in [3.05, 3.63) is 23.8 Å². The van der Waals surface area contributed by atoms with Gasteiger partial charge in [0.25, 0.3) is 0 Å². The Morgan fingerprint density at radius 3 is 2.56 bits per heavy atom. The number of rotatable bonds is 5. The number of nitrogens with two attached hydrogens (primary N) is 1. The summed E-state index contributed by atoms with van der Waals surface area (Å²) in [6, 6.07) is 5.26. The van der Waals surface area contributed by atoms with E-state index < -0.39 is 11.9 Å². The quantitative estimate of drug-likeness (QED) is 0.789. The van der Waals surface area contributed by atoms with Crippen LogP contribution in [0.15, 0.2) is 18.2 Å². The number of nitrogen functional groups attached to an aromatic ring is 1. The minimum Gasteiger partial charge on any atom is -0.495 e. The van der Waals surface area contributed by atoms with Gasteiger partial charge in [-0.2, -0.15) is 0 Å². The van der Waals surface area contributed by atoms with Crippen LogP contribution in [0.5, 0.6) is 5.75 Å². The largest absolute Gasteiger partial charge is 0.495 e. The third-order valence-corrected chi connectivity index (χ3v) is 3.57. The van der Waals surface area contributed by atoms with Crippen molar-refractivity contribution in [2.45, 2.75) is 33.1 Å². The molecular weight excluding hydrogens is 230 g/mol. The number of hydrogen-bond acceptors (Lipinski definition) is 3. The van der Waals surface area contributed by atoms with Crippen LogP contribution in [0.1, 0.15) is 38.7 Å². The summed E-state index contributed by atoms with van der Waals surface area (Å²) in [5.74, 6) is -0.981. The molecule has 0 heterocycles. The van der Waals surface area contributed by atoms with E-state index in [0.29, 0.717) is 17.0 Å². The predicted octanol–water partition coefficient (Wildman–Crippen LogP) is 2.88. The third-order valence-electron chi connectivity index (χ3n) is 3.57. The number of carbonyl (C=O) groups is 1. The molecule has 0 aliphatic carbocycles. The molecule has 0 bridgehead atoms. The number of ether oxygens (including phenoxy) is 1. The normalized spacial score (nSPS) is 13.1. The van der Waals surface area contributed by atoms with Crippen molar-refractivity contribution in [1.29, 1.82) is 0 Å². The van der Waals surface area contributed by atoms with Crippen molar-refractivity contribution < 1.29 is 14.6 Å². The molecule has 0 fully saturated rings. The molecule has 0 saturated heterocycles. The molecule has 1 atom stereocenters. The molecule has 0 aromatic heterocycles. The van der Waals surface area contributed by atoms with Crippen molar-refractivity contribution in [3.63, 3.8) is 0 Å². The summed E-state index contributed by atoms with van der Waals surface area (Å²) in [6.45, 7) is 5.85. The Morgan fingerprint density at radius 2 is 2.11 bits per heavy atom. The van der Waals surface area contributed by atoms with Crippen LogP contribution in [0.25, 0.3) is 0 Å². The minimum atomic E-state index is -0.859. The smallest absolute Gasteiger partial charge is 0.311 e. The van der Waals surface area contributed by atoms with Crippen molar-refractivity contribution in [2.75, 3.05) is 12.8 Å². The monoisotopic (exact) mass is 251 g/mol. The summed E-state index contributed by atoms with van der Waals surface area (Å²) in [4.78, 5) is 11.6. The fourth-order valence-corrected chi connectivity index (χ4v) is 2.08. The highest BCUT2D eigenvalue weighted by atomic mass is 16.5. The van der Waals surface area contributed by atoms with Gasteiger partial charge in [-0.25, -0.2) is 0 Å². The van der Waals surface area contributed by atoms with Crippen molar-refractivity contribution in [3.8, 4) is 5.75 Å². The van der Waals surface area contributed by atoms with Gasteiger partial charge in [0.1, 0.15) is 5.75 Å². The molecule has 3 N–H and O–H groups in total. The lowest BCUT2D eigenvalue weighted by molar-refractivity contribution is -0.141. The molecule has 18 heavy (non-hydrogen) atoms. The first kappa shape index (κ1) is 14.4. The lowest BCUT2D eigenvalue weighted by Gasteiger charge is -2.31. The molecule has 1 aromatic carbocycles. The van der Waals surface area contributed by atoms with Gasteiger partial charge in [-0.1, -0.05) is 32.9 Å². The Labute approximate surface area is 108 Å². The summed E-state index contributed by atoms with van der Waals surface area (Å²) in [7, 11) is 1.52. The van der Waals surface area contributed by atoms with E-state index in [-0.39, 0.29) is 5.41 Å². The molecular formula is C14H21NO3. The minimum absolute atomic E-state index is 0.369. The fraction of sp³-hybridized carbons (Fsp3) is 0.500. The van der Waals surface area contributed by atoms with Crippen LogP contribution in [0, 0.1) is 5.41 Å². The van der Waals surface area contributed by atoms with Crippen LogP contribution in [0.4, 0.5) is 5.69 Å². The van der Waals surface area contributed by atoms with E-state index in [0.717, 1.165) is 6.42 Å². The summed E-state index contributed by atoms with van der Waals surface area (Å²) in [5.41, 5.74) is 6.66. The van der Waals surface area contributed by atoms with Crippen LogP contribution >= 0.6 is 0 Å². The van der Waals surface area contributed by atoms with E-state index in [2.05, 4.69) is 0 Å². The number of para-hydroxylation sites is 1. The Bertz CT molecular complexity index is 441. The first-order valence-corrected chi connectivity index (χ1v) is 6.00. The van der Waals surface area contributed by atoms with E-state index in [4.69, 9.17) is 10.5 Å². The number of anilines is 1.